The van der Waals surface area contributed by atoms with Crippen molar-refractivity contribution in [2.75, 3.05) is 0 Å². The van der Waals surface area contributed by atoms with Crippen LogP contribution in [-0.4, -0.2) is 11.3 Å². The first-order valence-electron chi connectivity index (χ1n) is 5.94. The number of rotatable bonds is 4. The van der Waals surface area contributed by atoms with Gasteiger partial charge in [0.15, 0.2) is 0 Å². The molecule has 0 spiro atoms. The Morgan fingerprint density at radius 2 is 1.53 bits per heavy atom. The summed E-state index contributed by atoms with van der Waals surface area (Å²) in [6.07, 6.45) is 3.02. The average molecular weight is 253 g/mol. The van der Waals surface area contributed by atoms with Crippen LogP contribution < -0.4 is 4.74 Å². The van der Waals surface area contributed by atoms with Gasteiger partial charge < -0.3 is 15.3 Å². The van der Waals surface area contributed by atoms with E-state index >= 15 is 0 Å². The van der Waals surface area contributed by atoms with E-state index in [1.807, 2.05) is 31.2 Å². The number of phenolic OH excluding ortho intramolecular Hbond substituents is 1. The fourth-order valence-electron chi connectivity index (χ4n) is 1.66. The van der Waals surface area contributed by atoms with Gasteiger partial charge in [0.2, 0.25) is 0 Å². The smallest absolute Gasteiger partial charge is 0.127 e. The van der Waals surface area contributed by atoms with Crippen molar-refractivity contribution < 1.29 is 9.84 Å². The molecule has 19 heavy (non-hydrogen) atoms. The normalized spacial score (nSPS) is 11.1. The van der Waals surface area contributed by atoms with Crippen LogP contribution in [0.1, 0.15) is 12.5 Å². The van der Waals surface area contributed by atoms with Gasteiger partial charge in [-0.05, 0) is 60.5 Å². The molecule has 0 bridgehead atoms. The third kappa shape index (κ3) is 3.45. The second-order valence-corrected chi connectivity index (χ2v) is 4.14. The maximum atomic E-state index is 9.19. The van der Waals surface area contributed by atoms with Crippen LogP contribution in [0.4, 0.5) is 0 Å². The van der Waals surface area contributed by atoms with E-state index in [0.717, 1.165) is 16.9 Å². The quantitative estimate of drug-likeness (QED) is 0.801. The molecule has 0 saturated carbocycles. The number of nitrogens with one attached hydrogen (secondary N) is 1. The molecule has 2 aromatic rings. The Labute approximate surface area is 112 Å². The number of phenols is 1. The first-order chi connectivity index (χ1) is 9.19. The van der Waals surface area contributed by atoms with E-state index in [9.17, 15) is 5.11 Å². The molecule has 3 nitrogen and oxygen atoms in total. The molecule has 0 atom stereocenters. The summed E-state index contributed by atoms with van der Waals surface area (Å²) in [6.45, 7) is 1.96. The van der Waals surface area contributed by atoms with E-state index < -0.39 is 0 Å². The Hall–Kier alpha value is -2.55. The Bertz CT molecular complexity index is 583. The molecule has 96 valence electrons. The molecule has 0 unspecified atom stereocenters. The summed E-state index contributed by atoms with van der Waals surface area (Å²) < 4.78 is 5.65. The summed E-state index contributed by atoms with van der Waals surface area (Å²) >= 11 is 0. The fourth-order valence-corrected chi connectivity index (χ4v) is 1.66. The van der Waals surface area contributed by atoms with Crippen molar-refractivity contribution in [1.29, 1.82) is 5.41 Å². The predicted octanol–water partition coefficient (Wildman–Crippen LogP) is 4.24. The molecule has 2 rings (SSSR count). The molecule has 2 aromatic carbocycles. The van der Waals surface area contributed by atoms with Crippen molar-refractivity contribution in [2.24, 2.45) is 0 Å². The van der Waals surface area contributed by atoms with Crippen LogP contribution in [0.25, 0.3) is 5.57 Å². The second kappa shape index (κ2) is 5.87. The first kappa shape index (κ1) is 12.9. The SMILES string of the molecule is CC(=CC=N)c1ccc(Oc2ccc(O)cc2)cc1. The van der Waals surface area contributed by atoms with Crippen LogP contribution in [0.2, 0.25) is 0 Å². The first-order valence-corrected chi connectivity index (χ1v) is 5.94. The van der Waals surface area contributed by atoms with Gasteiger partial charge in [-0.3, -0.25) is 0 Å². The lowest BCUT2D eigenvalue weighted by Crippen LogP contribution is -1.85. The summed E-state index contributed by atoms with van der Waals surface area (Å²) in [5, 5.41) is 16.2. The molecule has 0 aromatic heterocycles. The zero-order valence-electron chi connectivity index (χ0n) is 10.6. The van der Waals surface area contributed by atoms with Crippen LogP contribution in [0.15, 0.2) is 54.6 Å². The van der Waals surface area contributed by atoms with Gasteiger partial charge in [0, 0.05) is 6.21 Å². The van der Waals surface area contributed by atoms with Crippen molar-refractivity contribution in [3.05, 3.63) is 60.2 Å². The zero-order valence-corrected chi connectivity index (χ0v) is 10.6. The zero-order chi connectivity index (χ0) is 13.7. The minimum absolute atomic E-state index is 0.218. The van der Waals surface area contributed by atoms with Crippen LogP contribution in [0, 0.1) is 5.41 Å². The fraction of sp³-hybridized carbons (Fsp3) is 0.0625. The van der Waals surface area contributed by atoms with Crippen molar-refractivity contribution in [2.45, 2.75) is 6.92 Å². The van der Waals surface area contributed by atoms with E-state index in [2.05, 4.69) is 0 Å². The van der Waals surface area contributed by atoms with Gasteiger partial charge >= 0.3 is 0 Å². The molecule has 0 aliphatic carbocycles. The number of hydrogen-bond donors (Lipinski definition) is 2. The van der Waals surface area contributed by atoms with Crippen molar-refractivity contribution in [3.8, 4) is 17.2 Å². The Kier molecular flexibility index (Phi) is 3.98. The maximum absolute atomic E-state index is 9.19. The third-order valence-electron chi connectivity index (χ3n) is 2.72. The van der Waals surface area contributed by atoms with E-state index in [1.54, 1.807) is 30.3 Å². The summed E-state index contributed by atoms with van der Waals surface area (Å²) in [7, 11) is 0. The lowest BCUT2D eigenvalue weighted by Gasteiger charge is -2.07. The monoisotopic (exact) mass is 253 g/mol. The Morgan fingerprint density at radius 3 is 2.05 bits per heavy atom. The molecule has 0 fully saturated rings. The van der Waals surface area contributed by atoms with Crippen molar-refractivity contribution >= 4 is 11.8 Å². The number of allylic oxidation sites excluding steroid dienone is 2. The van der Waals surface area contributed by atoms with Crippen LogP contribution in [0.3, 0.4) is 0 Å². The Balaban J connectivity index is 2.12. The predicted molar refractivity (Wildman–Crippen MR) is 77.1 cm³/mol. The molecular weight excluding hydrogens is 238 g/mol. The largest absolute Gasteiger partial charge is 0.508 e. The Morgan fingerprint density at radius 1 is 1.00 bits per heavy atom. The number of hydrogen-bond acceptors (Lipinski definition) is 3. The van der Waals surface area contributed by atoms with E-state index in [4.69, 9.17) is 10.1 Å². The van der Waals surface area contributed by atoms with E-state index in [-0.39, 0.29) is 5.75 Å². The molecule has 3 heteroatoms. The molecular formula is C16H15NO2. The maximum Gasteiger partial charge on any atom is 0.127 e. The van der Waals surface area contributed by atoms with E-state index in [1.165, 1.54) is 6.21 Å². The second-order valence-electron chi connectivity index (χ2n) is 4.14. The topological polar surface area (TPSA) is 53.3 Å². The molecule has 2 N–H and O–H groups in total. The van der Waals surface area contributed by atoms with E-state index in [0.29, 0.717) is 5.75 Å². The highest BCUT2D eigenvalue weighted by Crippen LogP contribution is 2.24. The average Bonchev–Trinajstić information content (AvgIpc) is 2.42. The summed E-state index contributed by atoms with van der Waals surface area (Å²) in [5.41, 5.74) is 2.09. The highest BCUT2D eigenvalue weighted by atomic mass is 16.5. The minimum Gasteiger partial charge on any atom is -0.508 e. The molecule has 0 saturated heterocycles. The van der Waals surface area contributed by atoms with Gasteiger partial charge in [-0.15, -0.1) is 0 Å². The van der Waals surface area contributed by atoms with Crippen molar-refractivity contribution in [1.82, 2.24) is 0 Å². The van der Waals surface area contributed by atoms with Gasteiger partial charge in [-0.25, -0.2) is 0 Å². The summed E-state index contributed by atoms with van der Waals surface area (Å²) in [4.78, 5) is 0. The third-order valence-corrected chi connectivity index (χ3v) is 2.72. The van der Waals surface area contributed by atoms with Gasteiger partial charge in [0.25, 0.3) is 0 Å². The standard InChI is InChI=1S/C16H15NO2/c1-12(10-11-17)13-2-6-15(7-3-13)19-16-8-4-14(18)5-9-16/h2-11,17-18H,1H3. The number of aromatic hydroxyl groups is 1. The van der Waals surface area contributed by atoms with Crippen molar-refractivity contribution in [3.63, 3.8) is 0 Å². The molecule has 0 aliphatic heterocycles. The summed E-state index contributed by atoms with van der Waals surface area (Å²) in [5.74, 6) is 1.63. The number of benzene rings is 2. The number of ether oxygens (including phenoxy) is 1. The minimum atomic E-state index is 0.218. The van der Waals surface area contributed by atoms with Gasteiger partial charge in [0.1, 0.15) is 17.2 Å². The lowest BCUT2D eigenvalue weighted by molar-refractivity contribution is 0.464. The molecule has 0 aliphatic rings. The molecule has 0 radical (unpaired) electrons. The van der Waals surface area contributed by atoms with Gasteiger partial charge in [0.05, 0.1) is 0 Å². The van der Waals surface area contributed by atoms with Crippen LogP contribution >= 0.6 is 0 Å². The lowest BCUT2D eigenvalue weighted by atomic mass is 10.1. The van der Waals surface area contributed by atoms with Crippen LogP contribution in [-0.2, 0) is 0 Å². The van der Waals surface area contributed by atoms with Gasteiger partial charge in [-0.1, -0.05) is 12.1 Å². The van der Waals surface area contributed by atoms with Gasteiger partial charge in [-0.2, -0.15) is 0 Å². The van der Waals surface area contributed by atoms with Crippen LogP contribution in [0.5, 0.6) is 17.2 Å². The molecule has 0 amide bonds. The summed E-state index contributed by atoms with van der Waals surface area (Å²) in [6, 6.07) is 14.2. The highest BCUT2D eigenvalue weighted by molar-refractivity contribution is 5.82. The highest BCUT2D eigenvalue weighted by Gasteiger charge is 1.99. The molecule has 0 heterocycles.